The van der Waals surface area contributed by atoms with Gasteiger partial charge in [-0.3, -0.25) is 9.59 Å². The molecule has 4 rings (SSSR count). The first-order chi connectivity index (χ1) is 16.4. The number of thioether (sulfide) groups is 1. The van der Waals surface area contributed by atoms with E-state index in [1.54, 1.807) is 0 Å². The summed E-state index contributed by atoms with van der Waals surface area (Å²) < 4.78 is 1.87. The van der Waals surface area contributed by atoms with E-state index in [0.29, 0.717) is 5.16 Å². The van der Waals surface area contributed by atoms with E-state index in [1.807, 2.05) is 85.1 Å². The van der Waals surface area contributed by atoms with E-state index < -0.39 is 0 Å². The molecule has 0 saturated heterocycles. The van der Waals surface area contributed by atoms with Crippen molar-refractivity contribution in [3.63, 3.8) is 0 Å². The van der Waals surface area contributed by atoms with Gasteiger partial charge in [0.05, 0.1) is 16.8 Å². The Hall–Kier alpha value is -3.58. The third-order valence-corrected chi connectivity index (χ3v) is 6.57. The van der Waals surface area contributed by atoms with Crippen LogP contribution in [-0.2, 0) is 22.6 Å². The van der Waals surface area contributed by atoms with Gasteiger partial charge in [0.1, 0.15) is 6.54 Å². The van der Waals surface area contributed by atoms with Crippen molar-refractivity contribution in [1.29, 1.82) is 0 Å². The van der Waals surface area contributed by atoms with Crippen LogP contribution in [0.1, 0.15) is 23.6 Å². The number of nitrogens with zero attached hydrogens (tertiary/aromatic N) is 2. The van der Waals surface area contributed by atoms with Gasteiger partial charge in [-0.2, -0.15) is 0 Å². The molecule has 34 heavy (non-hydrogen) atoms. The molecule has 4 aromatic rings. The number of aryl methyl sites for hydroxylation is 3. The zero-order valence-electron chi connectivity index (χ0n) is 19.6. The molecule has 0 fully saturated rings. The summed E-state index contributed by atoms with van der Waals surface area (Å²) in [4.78, 5) is 30.3. The number of carbonyl (C=O) groups excluding carboxylic acids is 2. The van der Waals surface area contributed by atoms with Crippen molar-refractivity contribution in [2.75, 3.05) is 16.4 Å². The summed E-state index contributed by atoms with van der Waals surface area (Å²) in [5.74, 6) is -0.0566. The number of hydrogen-bond acceptors (Lipinski definition) is 4. The smallest absolute Gasteiger partial charge is 0.244 e. The Morgan fingerprint density at radius 2 is 1.68 bits per heavy atom. The van der Waals surface area contributed by atoms with Crippen LogP contribution in [0, 0.1) is 13.8 Å². The van der Waals surface area contributed by atoms with Crippen LogP contribution in [0.3, 0.4) is 0 Å². The number of rotatable bonds is 8. The lowest BCUT2D eigenvalue weighted by molar-refractivity contribution is -0.117. The second-order valence-electron chi connectivity index (χ2n) is 8.18. The topological polar surface area (TPSA) is 76.0 Å². The highest BCUT2D eigenvalue weighted by Crippen LogP contribution is 2.26. The second kappa shape index (κ2) is 10.6. The standard InChI is InChI=1S/C27H28N4O2S/c1-4-20-9-7-8-19(3)26(20)30-24(32)16-31-23-11-6-5-10-22(23)29-27(31)34-17-25(33)28-21-14-12-18(2)13-15-21/h5-15H,4,16-17H2,1-3H3,(H,28,33)(H,30,32). The molecule has 0 aliphatic rings. The predicted octanol–water partition coefficient (Wildman–Crippen LogP) is 5.59. The normalized spacial score (nSPS) is 10.9. The Morgan fingerprint density at radius 1 is 0.912 bits per heavy atom. The third kappa shape index (κ3) is 5.48. The summed E-state index contributed by atoms with van der Waals surface area (Å²) in [6, 6.07) is 21.4. The number of benzene rings is 3. The van der Waals surface area contributed by atoms with Crippen molar-refractivity contribution in [2.24, 2.45) is 0 Å². The molecule has 0 bridgehead atoms. The maximum Gasteiger partial charge on any atom is 0.244 e. The average molecular weight is 473 g/mol. The van der Waals surface area contributed by atoms with Gasteiger partial charge in [0.15, 0.2) is 5.16 Å². The minimum absolute atomic E-state index is 0.111. The fourth-order valence-electron chi connectivity index (χ4n) is 3.81. The van der Waals surface area contributed by atoms with Gasteiger partial charge in [-0.25, -0.2) is 4.98 Å². The van der Waals surface area contributed by atoms with Crippen LogP contribution in [0.25, 0.3) is 11.0 Å². The van der Waals surface area contributed by atoms with Crippen LogP contribution in [0.15, 0.2) is 71.9 Å². The van der Waals surface area contributed by atoms with Gasteiger partial charge < -0.3 is 15.2 Å². The zero-order valence-corrected chi connectivity index (χ0v) is 20.4. The second-order valence-corrected chi connectivity index (χ2v) is 9.13. The Labute approximate surface area is 203 Å². The molecule has 0 unspecified atom stereocenters. The predicted molar refractivity (Wildman–Crippen MR) is 139 cm³/mol. The highest BCUT2D eigenvalue weighted by Gasteiger charge is 2.17. The number of anilines is 2. The first-order valence-electron chi connectivity index (χ1n) is 11.3. The molecule has 0 aliphatic heterocycles. The van der Waals surface area contributed by atoms with Crippen molar-refractivity contribution < 1.29 is 9.59 Å². The quantitative estimate of drug-likeness (QED) is 0.328. The summed E-state index contributed by atoms with van der Waals surface area (Å²) in [5, 5.41) is 6.63. The summed E-state index contributed by atoms with van der Waals surface area (Å²) in [6.07, 6.45) is 0.836. The number of carbonyl (C=O) groups is 2. The molecule has 3 aromatic carbocycles. The largest absolute Gasteiger partial charge is 0.325 e. The van der Waals surface area contributed by atoms with E-state index in [4.69, 9.17) is 0 Å². The van der Waals surface area contributed by atoms with Crippen LogP contribution in [-0.4, -0.2) is 27.1 Å². The lowest BCUT2D eigenvalue weighted by atomic mass is 10.1. The number of amides is 2. The molecule has 1 aromatic heterocycles. The van der Waals surface area contributed by atoms with E-state index >= 15 is 0 Å². The number of imidazole rings is 1. The van der Waals surface area contributed by atoms with Gasteiger partial charge in [-0.1, -0.05) is 66.7 Å². The summed E-state index contributed by atoms with van der Waals surface area (Å²) >= 11 is 1.32. The molecule has 6 nitrogen and oxygen atoms in total. The van der Waals surface area contributed by atoms with Crippen molar-refractivity contribution in [3.8, 4) is 0 Å². The van der Waals surface area contributed by atoms with Crippen LogP contribution < -0.4 is 10.6 Å². The lowest BCUT2D eigenvalue weighted by Crippen LogP contribution is -2.21. The number of para-hydroxylation sites is 3. The molecule has 0 atom stereocenters. The van der Waals surface area contributed by atoms with E-state index in [1.165, 1.54) is 11.8 Å². The number of fused-ring (bicyclic) bond motifs is 1. The first kappa shape index (κ1) is 23.6. The molecule has 7 heteroatoms. The van der Waals surface area contributed by atoms with E-state index in [0.717, 1.165) is 45.5 Å². The molecular weight excluding hydrogens is 444 g/mol. The van der Waals surface area contributed by atoms with Gasteiger partial charge in [-0.05, 0) is 55.7 Å². The SMILES string of the molecule is CCc1cccc(C)c1NC(=O)Cn1c(SCC(=O)Nc2ccc(C)cc2)nc2ccccc21. The average Bonchev–Trinajstić information content (AvgIpc) is 3.17. The summed E-state index contributed by atoms with van der Waals surface area (Å²) in [5.41, 5.74) is 6.55. The Bertz CT molecular complexity index is 1330. The molecule has 0 spiro atoms. The van der Waals surface area contributed by atoms with Gasteiger partial charge in [-0.15, -0.1) is 0 Å². The molecular formula is C27H28N4O2S. The van der Waals surface area contributed by atoms with Crippen molar-refractivity contribution in [2.45, 2.75) is 38.9 Å². The maximum atomic E-state index is 13.1. The molecule has 0 radical (unpaired) electrons. The molecule has 2 N–H and O–H groups in total. The highest BCUT2D eigenvalue weighted by atomic mass is 32.2. The Kier molecular flexibility index (Phi) is 7.33. The fraction of sp³-hybridized carbons (Fsp3) is 0.222. The molecule has 0 saturated carbocycles. The highest BCUT2D eigenvalue weighted by molar-refractivity contribution is 7.99. The minimum Gasteiger partial charge on any atom is -0.325 e. The van der Waals surface area contributed by atoms with Gasteiger partial charge in [0.2, 0.25) is 11.8 Å². The third-order valence-electron chi connectivity index (χ3n) is 5.59. The van der Waals surface area contributed by atoms with Crippen molar-refractivity contribution in [3.05, 3.63) is 83.4 Å². The van der Waals surface area contributed by atoms with E-state index in [9.17, 15) is 9.59 Å². The minimum atomic E-state index is -0.127. The van der Waals surface area contributed by atoms with Crippen LogP contribution in [0.4, 0.5) is 11.4 Å². The number of aromatic nitrogens is 2. The van der Waals surface area contributed by atoms with Gasteiger partial charge in [0.25, 0.3) is 0 Å². The first-order valence-corrected chi connectivity index (χ1v) is 12.3. The van der Waals surface area contributed by atoms with Crippen LogP contribution in [0.2, 0.25) is 0 Å². The van der Waals surface area contributed by atoms with Crippen LogP contribution >= 0.6 is 11.8 Å². The number of hydrogen-bond donors (Lipinski definition) is 2. The molecule has 1 heterocycles. The summed E-state index contributed by atoms with van der Waals surface area (Å²) in [7, 11) is 0. The van der Waals surface area contributed by atoms with E-state index in [-0.39, 0.29) is 24.1 Å². The van der Waals surface area contributed by atoms with Gasteiger partial charge in [0, 0.05) is 11.4 Å². The molecule has 2 amide bonds. The fourth-order valence-corrected chi connectivity index (χ4v) is 4.62. The zero-order chi connectivity index (χ0) is 24.1. The van der Waals surface area contributed by atoms with Crippen LogP contribution in [0.5, 0.6) is 0 Å². The van der Waals surface area contributed by atoms with E-state index in [2.05, 4.69) is 22.5 Å². The monoisotopic (exact) mass is 472 g/mol. The maximum absolute atomic E-state index is 13.1. The Morgan fingerprint density at radius 3 is 2.44 bits per heavy atom. The summed E-state index contributed by atoms with van der Waals surface area (Å²) in [6.45, 7) is 6.18. The molecule has 174 valence electrons. The number of nitrogens with one attached hydrogen (secondary N) is 2. The van der Waals surface area contributed by atoms with Gasteiger partial charge >= 0.3 is 0 Å². The Balaban J connectivity index is 1.50. The van der Waals surface area contributed by atoms with Crippen molar-refractivity contribution in [1.82, 2.24) is 9.55 Å². The lowest BCUT2D eigenvalue weighted by Gasteiger charge is -2.14. The van der Waals surface area contributed by atoms with Crippen molar-refractivity contribution >= 4 is 46.0 Å². The molecule has 0 aliphatic carbocycles.